The van der Waals surface area contributed by atoms with E-state index in [4.69, 9.17) is 14.2 Å². The molecule has 67 heavy (non-hydrogen) atoms. The number of hydrogen-bond acceptors (Lipinski definition) is 6. The second-order valence-corrected chi connectivity index (χ2v) is 19.2. The molecular weight excluding hydrogens is 829 g/mol. The molecule has 6 nitrogen and oxygen atoms in total. The molecule has 0 aliphatic carbocycles. The molecule has 388 valence electrons. The normalized spacial score (nSPS) is 12.5. The summed E-state index contributed by atoms with van der Waals surface area (Å²) in [6.07, 6.45) is 69.2. The summed E-state index contributed by atoms with van der Waals surface area (Å²) < 4.78 is 16.9. The van der Waals surface area contributed by atoms with Crippen molar-refractivity contribution in [1.82, 2.24) is 0 Å². The number of hydrogen-bond donors (Lipinski definition) is 0. The standard InChI is InChI=1S/C61H108O6/c1-4-7-10-13-16-19-22-25-28-30-32-33-36-39-42-45-48-51-54-60(63)66-57-58(56-65-59(62)53-50-47-44-41-38-35-27-24-21-18-15-12-9-6-3)67-61(64)55-52-49-46-43-40-37-34-31-29-26-23-20-17-14-11-8-5-2/h9,12,17-18,20-21,26,29,32-33,58H,4-8,10-11,13-16,19,22-25,27-28,30-31,34-57H2,1-3H3/b12-9-,20-17-,21-18-,29-26-,33-32-. The maximum atomic E-state index is 12.9. The number of allylic oxidation sites excluding steroid dienone is 10. The van der Waals surface area contributed by atoms with E-state index in [2.05, 4.69) is 81.5 Å². The van der Waals surface area contributed by atoms with E-state index in [0.717, 1.165) is 96.3 Å². The summed E-state index contributed by atoms with van der Waals surface area (Å²) in [5.41, 5.74) is 0. The third-order valence-corrected chi connectivity index (χ3v) is 12.5. The summed E-state index contributed by atoms with van der Waals surface area (Å²) >= 11 is 0. The van der Waals surface area contributed by atoms with E-state index in [9.17, 15) is 14.4 Å². The van der Waals surface area contributed by atoms with Crippen molar-refractivity contribution in [1.29, 1.82) is 0 Å². The summed E-state index contributed by atoms with van der Waals surface area (Å²) in [6, 6.07) is 0. The third-order valence-electron chi connectivity index (χ3n) is 12.5. The van der Waals surface area contributed by atoms with E-state index in [1.165, 1.54) is 154 Å². The highest BCUT2D eigenvalue weighted by Crippen LogP contribution is 2.15. The Kier molecular flexibility index (Phi) is 53.3. The van der Waals surface area contributed by atoms with E-state index < -0.39 is 6.10 Å². The molecular formula is C61H108O6. The molecule has 0 saturated heterocycles. The first-order valence-corrected chi connectivity index (χ1v) is 28.8. The molecule has 0 heterocycles. The monoisotopic (exact) mass is 937 g/mol. The Morgan fingerprint density at radius 1 is 0.313 bits per heavy atom. The Balaban J connectivity index is 4.39. The number of rotatable bonds is 52. The van der Waals surface area contributed by atoms with Crippen molar-refractivity contribution in [3.63, 3.8) is 0 Å². The quantitative estimate of drug-likeness (QED) is 0.0262. The van der Waals surface area contributed by atoms with Crippen LogP contribution in [0.25, 0.3) is 0 Å². The maximum absolute atomic E-state index is 12.9. The Bertz CT molecular complexity index is 1210. The van der Waals surface area contributed by atoms with Crippen LogP contribution in [0, 0.1) is 0 Å². The lowest BCUT2D eigenvalue weighted by molar-refractivity contribution is -0.167. The topological polar surface area (TPSA) is 78.9 Å². The second-order valence-electron chi connectivity index (χ2n) is 19.2. The summed E-state index contributed by atoms with van der Waals surface area (Å²) in [5.74, 6) is -0.897. The summed E-state index contributed by atoms with van der Waals surface area (Å²) in [5, 5.41) is 0. The van der Waals surface area contributed by atoms with Gasteiger partial charge in [0.05, 0.1) is 0 Å². The minimum absolute atomic E-state index is 0.0835. The zero-order valence-corrected chi connectivity index (χ0v) is 44.4. The van der Waals surface area contributed by atoms with Crippen molar-refractivity contribution in [3.05, 3.63) is 60.8 Å². The van der Waals surface area contributed by atoms with Crippen LogP contribution >= 0.6 is 0 Å². The maximum Gasteiger partial charge on any atom is 0.306 e. The number of unbranched alkanes of at least 4 members (excludes halogenated alkanes) is 31. The Morgan fingerprint density at radius 3 is 0.940 bits per heavy atom. The van der Waals surface area contributed by atoms with Crippen molar-refractivity contribution >= 4 is 17.9 Å². The SMILES string of the molecule is CC/C=C\C/C=C\CCCCCCCCCC(=O)OCC(COC(=O)CCCCCCC/C=C\CCCCCCCCCCC)OC(=O)CCCCCCCCC/C=C\C/C=C\CCCCC. The van der Waals surface area contributed by atoms with E-state index in [-0.39, 0.29) is 31.1 Å². The van der Waals surface area contributed by atoms with E-state index >= 15 is 0 Å². The highest BCUT2D eigenvalue weighted by atomic mass is 16.6. The number of ether oxygens (including phenoxy) is 3. The summed E-state index contributed by atoms with van der Waals surface area (Å²) in [6.45, 7) is 6.51. The summed E-state index contributed by atoms with van der Waals surface area (Å²) in [7, 11) is 0. The second kappa shape index (κ2) is 55.7. The van der Waals surface area contributed by atoms with Gasteiger partial charge in [0.1, 0.15) is 13.2 Å². The molecule has 1 unspecified atom stereocenters. The first-order chi connectivity index (χ1) is 33.0. The first-order valence-electron chi connectivity index (χ1n) is 28.8. The fraction of sp³-hybridized carbons (Fsp3) is 0.787. The van der Waals surface area contributed by atoms with E-state index in [0.29, 0.717) is 19.3 Å². The van der Waals surface area contributed by atoms with Crippen LogP contribution in [0.4, 0.5) is 0 Å². The van der Waals surface area contributed by atoms with Gasteiger partial charge in [-0.05, 0) is 103 Å². The molecule has 0 aromatic carbocycles. The van der Waals surface area contributed by atoms with Crippen LogP contribution in [0.3, 0.4) is 0 Å². The molecule has 6 heteroatoms. The fourth-order valence-corrected chi connectivity index (χ4v) is 8.15. The number of carbonyl (C=O) groups is 3. The number of esters is 3. The predicted octanol–water partition coefficient (Wildman–Crippen LogP) is 19.2. The van der Waals surface area contributed by atoms with Gasteiger partial charge in [0.25, 0.3) is 0 Å². The zero-order chi connectivity index (χ0) is 48.6. The van der Waals surface area contributed by atoms with Gasteiger partial charge in [0.2, 0.25) is 0 Å². The largest absolute Gasteiger partial charge is 0.462 e. The lowest BCUT2D eigenvalue weighted by Gasteiger charge is -2.18. The zero-order valence-electron chi connectivity index (χ0n) is 44.4. The number of carbonyl (C=O) groups excluding carboxylic acids is 3. The van der Waals surface area contributed by atoms with Crippen molar-refractivity contribution in [2.75, 3.05) is 13.2 Å². The van der Waals surface area contributed by atoms with Crippen molar-refractivity contribution in [2.45, 2.75) is 297 Å². The van der Waals surface area contributed by atoms with Gasteiger partial charge in [0, 0.05) is 19.3 Å². The molecule has 0 fully saturated rings. The van der Waals surface area contributed by atoms with Crippen LogP contribution in [0.1, 0.15) is 290 Å². The van der Waals surface area contributed by atoms with Gasteiger partial charge in [0.15, 0.2) is 6.10 Å². The van der Waals surface area contributed by atoms with Crippen LogP contribution in [0.2, 0.25) is 0 Å². The first kappa shape index (κ1) is 64.1. The molecule has 0 amide bonds. The molecule has 1 atom stereocenters. The van der Waals surface area contributed by atoms with Gasteiger partial charge < -0.3 is 14.2 Å². The molecule has 0 rings (SSSR count). The van der Waals surface area contributed by atoms with Crippen LogP contribution in [-0.2, 0) is 28.6 Å². The van der Waals surface area contributed by atoms with Gasteiger partial charge >= 0.3 is 17.9 Å². The molecule has 0 spiro atoms. The van der Waals surface area contributed by atoms with Gasteiger partial charge in [-0.25, -0.2) is 0 Å². The van der Waals surface area contributed by atoms with Gasteiger partial charge in [-0.3, -0.25) is 14.4 Å². The van der Waals surface area contributed by atoms with E-state index in [1.807, 2.05) is 0 Å². The fourth-order valence-electron chi connectivity index (χ4n) is 8.15. The Morgan fingerprint density at radius 2 is 0.582 bits per heavy atom. The highest BCUT2D eigenvalue weighted by Gasteiger charge is 2.19. The molecule has 0 aliphatic rings. The lowest BCUT2D eigenvalue weighted by atomic mass is 10.1. The molecule has 0 aliphatic heterocycles. The molecule has 0 N–H and O–H groups in total. The van der Waals surface area contributed by atoms with Crippen LogP contribution in [-0.4, -0.2) is 37.2 Å². The smallest absolute Gasteiger partial charge is 0.306 e. The van der Waals surface area contributed by atoms with Crippen LogP contribution in [0.15, 0.2) is 60.8 Å². The molecule has 0 aromatic heterocycles. The minimum Gasteiger partial charge on any atom is -0.462 e. The van der Waals surface area contributed by atoms with Crippen LogP contribution in [0.5, 0.6) is 0 Å². The highest BCUT2D eigenvalue weighted by molar-refractivity contribution is 5.71. The Hall–Kier alpha value is -2.89. The van der Waals surface area contributed by atoms with Gasteiger partial charge in [-0.15, -0.1) is 0 Å². The molecule has 0 radical (unpaired) electrons. The van der Waals surface area contributed by atoms with Crippen molar-refractivity contribution in [2.24, 2.45) is 0 Å². The average Bonchev–Trinajstić information content (AvgIpc) is 3.33. The van der Waals surface area contributed by atoms with Crippen LogP contribution < -0.4 is 0 Å². The summed E-state index contributed by atoms with van der Waals surface area (Å²) in [4.78, 5) is 38.1. The van der Waals surface area contributed by atoms with Gasteiger partial charge in [-0.1, -0.05) is 229 Å². The minimum atomic E-state index is -0.785. The van der Waals surface area contributed by atoms with Crippen molar-refractivity contribution < 1.29 is 28.6 Å². The Labute approximate surface area is 415 Å². The molecule has 0 saturated carbocycles. The van der Waals surface area contributed by atoms with Gasteiger partial charge in [-0.2, -0.15) is 0 Å². The van der Waals surface area contributed by atoms with E-state index in [1.54, 1.807) is 0 Å². The molecule has 0 bridgehead atoms. The molecule has 0 aromatic rings. The lowest BCUT2D eigenvalue weighted by Crippen LogP contribution is -2.30. The van der Waals surface area contributed by atoms with Crippen molar-refractivity contribution in [3.8, 4) is 0 Å². The third kappa shape index (κ3) is 53.9. The predicted molar refractivity (Wildman–Crippen MR) is 288 cm³/mol. The average molecular weight is 938 g/mol.